The lowest BCUT2D eigenvalue weighted by molar-refractivity contribution is 0.0991. The van der Waals surface area contributed by atoms with Gasteiger partial charge in [-0.05, 0) is 37.2 Å². The number of phenolic OH excluding ortho intramolecular Hbond substituents is 1. The summed E-state index contributed by atoms with van der Waals surface area (Å²) in [6.45, 7) is 3.26. The van der Waals surface area contributed by atoms with Gasteiger partial charge in [0.15, 0.2) is 5.78 Å². The van der Waals surface area contributed by atoms with E-state index in [4.69, 9.17) is 5.11 Å². The monoisotopic (exact) mass is 193 g/mol. The van der Waals surface area contributed by atoms with E-state index in [9.17, 15) is 4.79 Å². The number of Topliss-reactive ketones (excluding diaryl/α,β-unsaturated/α-hetero) is 1. The van der Waals surface area contributed by atoms with E-state index in [0.29, 0.717) is 12.1 Å². The van der Waals surface area contributed by atoms with Crippen LogP contribution in [0.2, 0.25) is 0 Å². The van der Waals surface area contributed by atoms with Gasteiger partial charge in [0.05, 0.1) is 6.54 Å². The minimum absolute atomic E-state index is 0.0541. The van der Waals surface area contributed by atoms with Crippen molar-refractivity contribution in [2.75, 3.05) is 13.1 Å². The lowest BCUT2D eigenvalue weighted by atomic mass is 10.1. The summed E-state index contributed by atoms with van der Waals surface area (Å²) in [6.07, 6.45) is 1.02. The minimum Gasteiger partial charge on any atom is -0.508 e. The van der Waals surface area contributed by atoms with E-state index in [2.05, 4.69) is 12.2 Å². The van der Waals surface area contributed by atoms with Gasteiger partial charge in [0.1, 0.15) is 5.75 Å². The zero-order chi connectivity index (χ0) is 10.4. The third-order valence-electron chi connectivity index (χ3n) is 1.90. The Labute approximate surface area is 83.8 Å². The number of hydrogen-bond acceptors (Lipinski definition) is 3. The van der Waals surface area contributed by atoms with Gasteiger partial charge in [-0.25, -0.2) is 0 Å². The van der Waals surface area contributed by atoms with E-state index < -0.39 is 0 Å². The van der Waals surface area contributed by atoms with Crippen LogP contribution in [0.4, 0.5) is 0 Å². The third-order valence-corrected chi connectivity index (χ3v) is 1.90. The lowest BCUT2D eigenvalue weighted by Crippen LogP contribution is -2.23. The first kappa shape index (κ1) is 10.7. The first-order valence-electron chi connectivity index (χ1n) is 4.77. The van der Waals surface area contributed by atoms with Gasteiger partial charge in [-0.3, -0.25) is 4.79 Å². The van der Waals surface area contributed by atoms with Crippen LogP contribution in [0.3, 0.4) is 0 Å². The lowest BCUT2D eigenvalue weighted by Gasteiger charge is -2.02. The van der Waals surface area contributed by atoms with Crippen molar-refractivity contribution >= 4 is 5.78 Å². The van der Waals surface area contributed by atoms with Crippen LogP contribution in [0.5, 0.6) is 5.75 Å². The predicted molar refractivity (Wildman–Crippen MR) is 55.6 cm³/mol. The van der Waals surface area contributed by atoms with E-state index in [-0.39, 0.29) is 11.5 Å². The first-order valence-corrected chi connectivity index (χ1v) is 4.77. The van der Waals surface area contributed by atoms with Gasteiger partial charge in [0, 0.05) is 5.56 Å². The fourth-order valence-corrected chi connectivity index (χ4v) is 1.13. The molecule has 0 aliphatic carbocycles. The molecule has 1 aromatic rings. The van der Waals surface area contributed by atoms with Crippen LogP contribution in [-0.2, 0) is 0 Å². The number of nitrogens with one attached hydrogen (secondary N) is 1. The number of ketones is 1. The molecule has 0 saturated carbocycles. The minimum atomic E-state index is 0.0541. The molecule has 0 spiro atoms. The van der Waals surface area contributed by atoms with Gasteiger partial charge in [0.2, 0.25) is 0 Å². The molecule has 0 heterocycles. The number of carbonyl (C=O) groups excluding carboxylic acids is 1. The van der Waals surface area contributed by atoms with Crippen molar-refractivity contribution < 1.29 is 9.90 Å². The maximum absolute atomic E-state index is 11.5. The molecule has 14 heavy (non-hydrogen) atoms. The topological polar surface area (TPSA) is 49.3 Å². The molecule has 1 rings (SSSR count). The maximum atomic E-state index is 11.5. The van der Waals surface area contributed by atoms with Gasteiger partial charge in [-0.2, -0.15) is 0 Å². The van der Waals surface area contributed by atoms with Crippen LogP contribution in [0.1, 0.15) is 23.7 Å². The average molecular weight is 193 g/mol. The van der Waals surface area contributed by atoms with E-state index in [1.807, 2.05) is 0 Å². The quantitative estimate of drug-likeness (QED) is 0.551. The van der Waals surface area contributed by atoms with Crippen LogP contribution in [0.15, 0.2) is 24.3 Å². The van der Waals surface area contributed by atoms with Gasteiger partial charge >= 0.3 is 0 Å². The van der Waals surface area contributed by atoms with Crippen molar-refractivity contribution in [3.8, 4) is 5.75 Å². The van der Waals surface area contributed by atoms with Crippen molar-refractivity contribution in [2.24, 2.45) is 0 Å². The van der Waals surface area contributed by atoms with Crippen molar-refractivity contribution in [1.82, 2.24) is 5.32 Å². The third kappa shape index (κ3) is 3.18. The molecule has 0 radical (unpaired) electrons. The second kappa shape index (κ2) is 5.40. The van der Waals surface area contributed by atoms with Crippen molar-refractivity contribution in [3.05, 3.63) is 29.8 Å². The van der Waals surface area contributed by atoms with Crippen molar-refractivity contribution in [3.63, 3.8) is 0 Å². The summed E-state index contributed by atoms with van der Waals surface area (Å²) in [7, 11) is 0. The predicted octanol–water partition coefficient (Wildman–Crippen LogP) is 1.57. The normalized spacial score (nSPS) is 10.1. The molecule has 2 N–H and O–H groups in total. The smallest absolute Gasteiger partial charge is 0.176 e. The number of aromatic hydroxyl groups is 1. The Morgan fingerprint density at radius 1 is 1.36 bits per heavy atom. The molecule has 0 saturated heterocycles. The molecular weight excluding hydrogens is 178 g/mol. The molecule has 0 amide bonds. The molecular formula is C11H15NO2. The summed E-state index contributed by atoms with van der Waals surface area (Å²) in [4.78, 5) is 11.5. The Hall–Kier alpha value is -1.35. The molecule has 0 fully saturated rings. The standard InChI is InChI=1S/C11H15NO2/c1-2-7-12-8-11(14)9-3-5-10(13)6-4-9/h3-6,12-13H,2,7-8H2,1H3. The molecule has 0 atom stereocenters. The summed E-state index contributed by atoms with van der Waals surface area (Å²) >= 11 is 0. The first-order chi connectivity index (χ1) is 6.74. The van der Waals surface area contributed by atoms with E-state index in [1.165, 1.54) is 12.1 Å². The highest BCUT2D eigenvalue weighted by Crippen LogP contribution is 2.09. The molecule has 76 valence electrons. The fraction of sp³-hybridized carbons (Fsp3) is 0.364. The summed E-state index contributed by atoms with van der Waals surface area (Å²) in [6, 6.07) is 6.30. The highest BCUT2D eigenvalue weighted by Gasteiger charge is 2.03. The van der Waals surface area contributed by atoms with Crippen LogP contribution in [0, 0.1) is 0 Å². The van der Waals surface area contributed by atoms with Gasteiger partial charge in [0.25, 0.3) is 0 Å². The summed E-state index contributed by atoms with van der Waals surface area (Å²) in [5, 5.41) is 12.1. The van der Waals surface area contributed by atoms with Crippen LogP contribution in [-0.4, -0.2) is 24.0 Å². The molecule has 0 aromatic heterocycles. The number of rotatable bonds is 5. The zero-order valence-corrected chi connectivity index (χ0v) is 8.29. The molecule has 0 aliphatic heterocycles. The van der Waals surface area contributed by atoms with Crippen LogP contribution >= 0.6 is 0 Å². The van der Waals surface area contributed by atoms with E-state index in [1.54, 1.807) is 12.1 Å². The van der Waals surface area contributed by atoms with Gasteiger partial charge < -0.3 is 10.4 Å². The highest BCUT2D eigenvalue weighted by molar-refractivity contribution is 5.97. The zero-order valence-electron chi connectivity index (χ0n) is 8.29. The van der Waals surface area contributed by atoms with E-state index in [0.717, 1.165) is 13.0 Å². The molecule has 0 bridgehead atoms. The molecule has 1 aromatic carbocycles. The number of benzene rings is 1. The second-order valence-corrected chi connectivity index (χ2v) is 3.15. The molecule has 3 nitrogen and oxygen atoms in total. The Bertz CT molecular complexity index is 293. The number of hydrogen-bond donors (Lipinski definition) is 2. The summed E-state index contributed by atoms with van der Waals surface area (Å²) in [5.41, 5.74) is 0.631. The van der Waals surface area contributed by atoms with Crippen LogP contribution < -0.4 is 5.32 Å². The average Bonchev–Trinajstić information content (AvgIpc) is 2.19. The van der Waals surface area contributed by atoms with Crippen LogP contribution in [0.25, 0.3) is 0 Å². The summed E-state index contributed by atoms with van der Waals surface area (Å²) < 4.78 is 0. The van der Waals surface area contributed by atoms with E-state index >= 15 is 0 Å². The molecule has 3 heteroatoms. The van der Waals surface area contributed by atoms with Crippen molar-refractivity contribution in [2.45, 2.75) is 13.3 Å². The molecule has 0 unspecified atom stereocenters. The van der Waals surface area contributed by atoms with Gasteiger partial charge in [-0.15, -0.1) is 0 Å². The highest BCUT2D eigenvalue weighted by atomic mass is 16.3. The maximum Gasteiger partial charge on any atom is 0.176 e. The summed E-state index contributed by atoms with van der Waals surface area (Å²) in [5.74, 6) is 0.238. The Kier molecular flexibility index (Phi) is 4.13. The van der Waals surface area contributed by atoms with Gasteiger partial charge in [-0.1, -0.05) is 6.92 Å². The Balaban J connectivity index is 2.48. The largest absolute Gasteiger partial charge is 0.508 e. The Morgan fingerprint density at radius 3 is 2.57 bits per heavy atom. The van der Waals surface area contributed by atoms with Crippen molar-refractivity contribution in [1.29, 1.82) is 0 Å². The number of carbonyl (C=O) groups is 1. The second-order valence-electron chi connectivity index (χ2n) is 3.15. The fourth-order valence-electron chi connectivity index (χ4n) is 1.13. The number of phenols is 1. The SMILES string of the molecule is CCCNCC(=O)c1ccc(O)cc1. The molecule has 0 aliphatic rings. The Morgan fingerprint density at radius 2 is 2.00 bits per heavy atom.